The molecule has 2 aromatic rings. The number of rotatable bonds is 5. The topological polar surface area (TPSA) is 79.1 Å². The first kappa shape index (κ1) is 23.1. The lowest BCUT2D eigenvalue weighted by Crippen LogP contribution is -2.55. The van der Waals surface area contributed by atoms with Gasteiger partial charge in [0.15, 0.2) is 0 Å². The summed E-state index contributed by atoms with van der Waals surface area (Å²) in [4.78, 5) is 31.7. The van der Waals surface area contributed by atoms with Crippen LogP contribution in [0.2, 0.25) is 0 Å². The minimum absolute atomic E-state index is 0.0229. The van der Waals surface area contributed by atoms with Gasteiger partial charge in [-0.2, -0.15) is 0 Å². The molecule has 0 saturated carbocycles. The molecular weight excluding hydrogens is 416 g/mol. The number of methoxy groups -OCH3 is 1. The second-order valence-electron chi connectivity index (χ2n) is 9.35. The predicted molar refractivity (Wildman–Crippen MR) is 131 cm³/mol. The second-order valence-corrected chi connectivity index (χ2v) is 9.35. The van der Waals surface area contributed by atoms with E-state index in [1.54, 1.807) is 19.2 Å². The summed E-state index contributed by atoms with van der Waals surface area (Å²) in [7, 11) is 3.88. The minimum Gasteiger partial charge on any atom is -0.495 e. The molecule has 2 atom stereocenters. The van der Waals surface area contributed by atoms with Crippen molar-refractivity contribution in [2.24, 2.45) is 5.73 Å². The van der Waals surface area contributed by atoms with E-state index in [-0.39, 0.29) is 12.3 Å². The van der Waals surface area contributed by atoms with Crippen LogP contribution in [0, 0.1) is 6.92 Å². The van der Waals surface area contributed by atoms with Crippen LogP contribution in [-0.2, 0) is 17.6 Å². The normalized spacial score (nSPS) is 20.6. The molecule has 1 saturated heterocycles. The Balaban J connectivity index is 1.63. The summed E-state index contributed by atoms with van der Waals surface area (Å²) in [6.45, 7) is 8.78. The van der Waals surface area contributed by atoms with E-state index in [2.05, 4.69) is 42.8 Å². The molecule has 0 bridgehead atoms. The van der Waals surface area contributed by atoms with E-state index >= 15 is 0 Å². The van der Waals surface area contributed by atoms with Crippen molar-refractivity contribution in [3.8, 4) is 5.75 Å². The van der Waals surface area contributed by atoms with Gasteiger partial charge in [-0.1, -0.05) is 12.1 Å². The number of primary amides is 1. The Kier molecular flexibility index (Phi) is 6.34. The van der Waals surface area contributed by atoms with Crippen LogP contribution < -0.4 is 20.3 Å². The highest BCUT2D eigenvalue weighted by Crippen LogP contribution is 2.40. The number of nitrogens with zero attached hydrogens (tertiary/aromatic N) is 3. The summed E-state index contributed by atoms with van der Waals surface area (Å²) in [6.07, 6.45) is 1.03. The average Bonchev–Trinajstić information content (AvgIpc) is 3.20. The van der Waals surface area contributed by atoms with Gasteiger partial charge in [-0.3, -0.25) is 14.5 Å². The lowest BCUT2D eigenvalue weighted by Gasteiger charge is -2.44. The number of amides is 2. The van der Waals surface area contributed by atoms with Crippen molar-refractivity contribution in [1.29, 1.82) is 0 Å². The number of piperazine rings is 1. The first-order valence-corrected chi connectivity index (χ1v) is 11.6. The van der Waals surface area contributed by atoms with Gasteiger partial charge in [0.05, 0.1) is 19.2 Å². The quantitative estimate of drug-likeness (QED) is 0.758. The lowest BCUT2D eigenvalue weighted by molar-refractivity contribution is -0.117. The van der Waals surface area contributed by atoms with Crippen LogP contribution in [0.4, 0.5) is 11.4 Å². The fourth-order valence-corrected chi connectivity index (χ4v) is 5.07. The van der Waals surface area contributed by atoms with Crippen molar-refractivity contribution in [2.75, 3.05) is 43.6 Å². The number of likely N-dealkylation sites (N-methyl/N-ethyl adjacent to an activating group) is 1. The minimum atomic E-state index is -0.472. The molecule has 2 amide bonds. The third-order valence-corrected chi connectivity index (χ3v) is 7.33. The Morgan fingerprint density at radius 1 is 1.12 bits per heavy atom. The standard InChI is InChI=1S/C26H34N4O3/c1-16-14-29(15-17(2)28(16)4)23-13-22-20(11-24(23)33-5)9-10-30(22)25(31)12-19-7-6-8-21(18(19)3)26(27)32/h6-8,11,13,16-17H,9-10,12,14-15H2,1-5H3,(H2,27,32)/t16-,17+. The molecule has 2 aliphatic rings. The Bertz CT molecular complexity index is 1070. The molecule has 33 heavy (non-hydrogen) atoms. The largest absolute Gasteiger partial charge is 0.495 e. The number of carbonyl (C=O) groups is 2. The zero-order valence-electron chi connectivity index (χ0n) is 20.2. The maximum Gasteiger partial charge on any atom is 0.248 e. The van der Waals surface area contributed by atoms with Crippen LogP contribution in [0.5, 0.6) is 5.75 Å². The molecule has 2 aliphatic heterocycles. The van der Waals surface area contributed by atoms with Crippen molar-refractivity contribution >= 4 is 23.2 Å². The number of nitrogens with two attached hydrogens (primary N) is 1. The van der Waals surface area contributed by atoms with Gasteiger partial charge in [0, 0.05) is 43.0 Å². The fraction of sp³-hybridized carbons (Fsp3) is 0.462. The molecule has 1 fully saturated rings. The summed E-state index contributed by atoms with van der Waals surface area (Å²) in [5.41, 5.74) is 10.7. The van der Waals surface area contributed by atoms with Crippen LogP contribution in [0.1, 0.15) is 40.9 Å². The number of carbonyl (C=O) groups excluding carboxylic acids is 2. The predicted octanol–water partition coefficient (Wildman–Crippen LogP) is 2.76. The van der Waals surface area contributed by atoms with Gasteiger partial charge in [0.25, 0.3) is 0 Å². The first-order valence-electron chi connectivity index (χ1n) is 11.6. The second kappa shape index (κ2) is 9.06. The summed E-state index contributed by atoms with van der Waals surface area (Å²) in [6, 6.07) is 10.4. The Morgan fingerprint density at radius 3 is 2.45 bits per heavy atom. The van der Waals surface area contributed by atoms with Crippen LogP contribution in [0.3, 0.4) is 0 Å². The first-order chi connectivity index (χ1) is 15.7. The van der Waals surface area contributed by atoms with Gasteiger partial charge in [-0.05, 0) is 69.1 Å². The van der Waals surface area contributed by atoms with Gasteiger partial charge in [-0.25, -0.2) is 0 Å². The summed E-state index contributed by atoms with van der Waals surface area (Å²) >= 11 is 0. The Labute approximate surface area is 196 Å². The molecule has 7 nitrogen and oxygen atoms in total. The zero-order valence-corrected chi connectivity index (χ0v) is 20.2. The number of benzene rings is 2. The molecule has 0 aromatic heterocycles. The molecular formula is C26H34N4O3. The van der Waals surface area contributed by atoms with Crippen LogP contribution >= 0.6 is 0 Å². The van der Waals surface area contributed by atoms with Gasteiger partial charge >= 0.3 is 0 Å². The maximum atomic E-state index is 13.4. The number of hydrogen-bond donors (Lipinski definition) is 1. The van der Waals surface area contributed by atoms with Crippen molar-refractivity contribution in [3.63, 3.8) is 0 Å². The van der Waals surface area contributed by atoms with Crippen LogP contribution in [-0.4, -0.2) is 62.6 Å². The van der Waals surface area contributed by atoms with E-state index in [1.165, 1.54) is 0 Å². The van der Waals surface area contributed by atoms with E-state index in [4.69, 9.17) is 10.5 Å². The zero-order chi connectivity index (χ0) is 23.9. The van der Waals surface area contributed by atoms with E-state index in [1.807, 2.05) is 17.9 Å². The molecule has 2 heterocycles. The van der Waals surface area contributed by atoms with Gasteiger partial charge in [-0.15, -0.1) is 0 Å². The summed E-state index contributed by atoms with van der Waals surface area (Å²) in [5.74, 6) is 0.410. The van der Waals surface area contributed by atoms with Crippen molar-refractivity contribution in [3.05, 3.63) is 52.6 Å². The molecule has 176 valence electrons. The van der Waals surface area contributed by atoms with E-state index in [0.717, 1.165) is 53.3 Å². The number of ether oxygens (including phenoxy) is 1. The molecule has 2 N–H and O–H groups in total. The Hall–Kier alpha value is -3.06. The molecule has 0 spiro atoms. The molecule has 0 unspecified atom stereocenters. The molecule has 0 radical (unpaired) electrons. The van der Waals surface area contributed by atoms with E-state index in [0.29, 0.717) is 24.2 Å². The van der Waals surface area contributed by atoms with Gasteiger partial charge in [0.2, 0.25) is 11.8 Å². The number of anilines is 2. The van der Waals surface area contributed by atoms with Gasteiger partial charge < -0.3 is 20.3 Å². The van der Waals surface area contributed by atoms with Crippen molar-refractivity contribution < 1.29 is 14.3 Å². The molecule has 4 rings (SSSR count). The summed E-state index contributed by atoms with van der Waals surface area (Å²) < 4.78 is 5.76. The number of fused-ring (bicyclic) bond motifs is 1. The molecule has 7 heteroatoms. The SMILES string of the molecule is COc1cc2c(cc1N1C[C@@H](C)N(C)[C@@H](C)C1)N(C(=O)Cc1cccc(C(N)=O)c1C)CC2. The maximum absolute atomic E-state index is 13.4. The average molecular weight is 451 g/mol. The third kappa shape index (κ3) is 4.29. The highest BCUT2D eigenvalue weighted by atomic mass is 16.5. The molecule has 0 aliphatic carbocycles. The van der Waals surface area contributed by atoms with Crippen LogP contribution in [0.15, 0.2) is 30.3 Å². The highest BCUT2D eigenvalue weighted by Gasteiger charge is 2.32. The highest BCUT2D eigenvalue weighted by molar-refractivity contribution is 5.99. The van der Waals surface area contributed by atoms with E-state index < -0.39 is 5.91 Å². The van der Waals surface area contributed by atoms with Crippen molar-refractivity contribution in [1.82, 2.24) is 4.90 Å². The number of hydrogen-bond acceptors (Lipinski definition) is 5. The monoisotopic (exact) mass is 450 g/mol. The van der Waals surface area contributed by atoms with Gasteiger partial charge in [0.1, 0.15) is 5.75 Å². The molecule has 2 aromatic carbocycles. The Morgan fingerprint density at radius 2 is 1.82 bits per heavy atom. The smallest absolute Gasteiger partial charge is 0.248 e. The third-order valence-electron chi connectivity index (χ3n) is 7.33. The van der Waals surface area contributed by atoms with E-state index in [9.17, 15) is 9.59 Å². The summed E-state index contributed by atoms with van der Waals surface area (Å²) in [5, 5.41) is 0. The van der Waals surface area contributed by atoms with Crippen molar-refractivity contribution in [2.45, 2.75) is 45.7 Å². The fourth-order valence-electron chi connectivity index (χ4n) is 5.07. The van der Waals surface area contributed by atoms with Crippen LogP contribution in [0.25, 0.3) is 0 Å². The lowest BCUT2D eigenvalue weighted by atomic mass is 9.99.